The minimum atomic E-state index is 0.347. The lowest BCUT2D eigenvalue weighted by atomic mass is 10.0. The summed E-state index contributed by atoms with van der Waals surface area (Å²) in [5, 5.41) is 0. The lowest BCUT2D eigenvalue weighted by Gasteiger charge is -2.20. The summed E-state index contributed by atoms with van der Waals surface area (Å²) in [6, 6.07) is 0. The van der Waals surface area contributed by atoms with Crippen LogP contribution in [0, 0.1) is 5.92 Å². The molecule has 1 nitrogen and oxygen atoms in total. The fourth-order valence-electron chi connectivity index (χ4n) is 0.588. The summed E-state index contributed by atoms with van der Waals surface area (Å²) >= 11 is 3.50. The Morgan fingerprint density at radius 1 is 1.22 bits per heavy atom. The van der Waals surface area contributed by atoms with Crippen molar-refractivity contribution < 1.29 is 4.74 Å². The van der Waals surface area contributed by atoms with Crippen LogP contribution in [0.15, 0.2) is 0 Å². The number of ether oxygens (including phenoxy) is 1. The molecule has 0 aromatic heterocycles. The van der Waals surface area contributed by atoms with Gasteiger partial charge in [-0.3, -0.25) is 0 Å². The largest absolute Gasteiger partial charge is 0.381 e. The van der Waals surface area contributed by atoms with Crippen molar-refractivity contribution in [3.05, 3.63) is 0 Å². The molecule has 0 aliphatic rings. The van der Waals surface area contributed by atoms with E-state index in [1.807, 2.05) is 0 Å². The second-order valence-corrected chi connectivity index (χ2v) is 3.92. The van der Waals surface area contributed by atoms with E-state index in [1.165, 1.54) is 0 Å². The SMILES string of the molecule is COC(C)C(C)C(C)Br. The highest BCUT2D eigenvalue weighted by Crippen LogP contribution is 2.16. The van der Waals surface area contributed by atoms with E-state index in [2.05, 4.69) is 36.7 Å². The van der Waals surface area contributed by atoms with Gasteiger partial charge < -0.3 is 4.74 Å². The lowest BCUT2D eigenvalue weighted by Crippen LogP contribution is -2.22. The van der Waals surface area contributed by atoms with Crippen molar-refractivity contribution in [3.63, 3.8) is 0 Å². The van der Waals surface area contributed by atoms with Crippen LogP contribution in [0.25, 0.3) is 0 Å². The van der Waals surface area contributed by atoms with E-state index in [-0.39, 0.29) is 0 Å². The highest BCUT2D eigenvalue weighted by atomic mass is 79.9. The number of methoxy groups -OCH3 is 1. The second-order valence-electron chi connectivity index (χ2n) is 2.48. The van der Waals surface area contributed by atoms with Crippen LogP contribution < -0.4 is 0 Å². The van der Waals surface area contributed by atoms with Gasteiger partial charge in [0, 0.05) is 11.9 Å². The minimum Gasteiger partial charge on any atom is -0.381 e. The third kappa shape index (κ3) is 3.21. The maximum absolute atomic E-state index is 5.14. The van der Waals surface area contributed by atoms with Gasteiger partial charge in [0.15, 0.2) is 0 Å². The number of rotatable bonds is 3. The van der Waals surface area contributed by atoms with Gasteiger partial charge in [0.25, 0.3) is 0 Å². The molecule has 0 radical (unpaired) electrons. The number of halogens is 1. The molecule has 0 aromatic rings. The maximum Gasteiger partial charge on any atom is 0.0579 e. The van der Waals surface area contributed by atoms with E-state index >= 15 is 0 Å². The Morgan fingerprint density at radius 3 is 1.78 bits per heavy atom. The van der Waals surface area contributed by atoms with Crippen LogP contribution in [-0.4, -0.2) is 18.0 Å². The van der Waals surface area contributed by atoms with Gasteiger partial charge in [-0.25, -0.2) is 0 Å². The first-order valence-electron chi connectivity index (χ1n) is 3.26. The van der Waals surface area contributed by atoms with Crippen LogP contribution in [0.5, 0.6) is 0 Å². The van der Waals surface area contributed by atoms with Crippen molar-refractivity contribution >= 4 is 15.9 Å². The van der Waals surface area contributed by atoms with Gasteiger partial charge in [-0.2, -0.15) is 0 Å². The zero-order chi connectivity index (χ0) is 7.44. The van der Waals surface area contributed by atoms with Crippen molar-refractivity contribution in [1.82, 2.24) is 0 Å². The van der Waals surface area contributed by atoms with Crippen molar-refractivity contribution in [2.45, 2.75) is 31.7 Å². The lowest BCUT2D eigenvalue weighted by molar-refractivity contribution is 0.0750. The van der Waals surface area contributed by atoms with Crippen LogP contribution in [0.1, 0.15) is 20.8 Å². The molecule has 0 rings (SSSR count). The van der Waals surface area contributed by atoms with Crippen LogP contribution in [0.4, 0.5) is 0 Å². The summed E-state index contributed by atoms with van der Waals surface area (Å²) in [5.74, 6) is 0.579. The Balaban J connectivity index is 3.58. The highest BCUT2D eigenvalue weighted by molar-refractivity contribution is 9.09. The first kappa shape index (κ1) is 9.44. The van der Waals surface area contributed by atoms with Crippen LogP contribution in [0.2, 0.25) is 0 Å². The molecule has 0 heterocycles. The molecule has 9 heavy (non-hydrogen) atoms. The predicted octanol–water partition coefficient (Wildman–Crippen LogP) is 2.44. The van der Waals surface area contributed by atoms with Gasteiger partial charge in [-0.05, 0) is 12.8 Å². The predicted molar refractivity (Wildman–Crippen MR) is 44.0 cm³/mol. The van der Waals surface area contributed by atoms with Gasteiger partial charge in [0.05, 0.1) is 6.10 Å². The molecule has 0 aliphatic carbocycles. The minimum absolute atomic E-state index is 0.347. The summed E-state index contributed by atoms with van der Waals surface area (Å²) in [4.78, 5) is 0.535. The Hall–Kier alpha value is 0.440. The molecule has 0 aliphatic heterocycles. The first-order chi connectivity index (χ1) is 4.09. The zero-order valence-electron chi connectivity index (χ0n) is 6.52. The standard InChI is InChI=1S/C7H15BrO/c1-5(6(2)8)7(3)9-4/h5-7H,1-4H3. The summed E-state index contributed by atoms with van der Waals surface area (Å²) < 4.78 is 5.14. The molecule has 3 atom stereocenters. The average Bonchev–Trinajstić information content (AvgIpc) is 1.84. The molecular weight excluding hydrogens is 180 g/mol. The normalized spacial score (nSPS) is 21.0. The Labute approximate surface area is 65.9 Å². The van der Waals surface area contributed by atoms with Crippen molar-refractivity contribution in [3.8, 4) is 0 Å². The molecule has 0 amide bonds. The highest BCUT2D eigenvalue weighted by Gasteiger charge is 2.15. The molecule has 0 aromatic carbocycles. The van der Waals surface area contributed by atoms with Crippen LogP contribution >= 0.6 is 15.9 Å². The molecule has 0 N–H and O–H groups in total. The van der Waals surface area contributed by atoms with E-state index in [4.69, 9.17) is 4.74 Å². The van der Waals surface area contributed by atoms with Gasteiger partial charge in [0.2, 0.25) is 0 Å². The van der Waals surface area contributed by atoms with E-state index in [0.29, 0.717) is 16.8 Å². The van der Waals surface area contributed by atoms with Gasteiger partial charge in [-0.15, -0.1) is 0 Å². The van der Waals surface area contributed by atoms with Crippen LogP contribution in [0.3, 0.4) is 0 Å². The molecule has 0 spiro atoms. The van der Waals surface area contributed by atoms with Gasteiger partial charge in [0.1, 0.15) is 0 Å². The molecule has 2 heteroatoms. The summed E-state index contributed by atoms with van der Waals surface area (Å²) in [7, 11) is 1.75. The van der Waals surface area contributed by atoms with E-state index in [9.17, 15) is 0 Å². The molecular formula is C7H15BrO. The molecule has 0 bridgehead atoms. The number of hydrogen-bond acceptors (Lipinski definition) is 1. The Morgan fingerprint density at radius 2 is 1.67 bits per heavy atom. The molecule has 0 saturated heterocycles. The van der Waals surface area contributed by atoms with E-state index in [1.54, 1.807) is 7.11 Å². The van der Waals surface area contributed by atoms with Crippen LogP contribution in [-0.2, 0) is 4.74 Å². The summed E-state index contributed by atoms with van der Waals surface area (Å²) in [5.41, 5.74) is 0. The van der Waals surface area contributed by atoms with Crippen molar-refractivity contribution in [1.29, 1.82) is 0 Å². The number of alkyl halides is 1. The quantitative estimate of drug-likeness (QED) is 0.628. The molecule has 3 unspecified atom stereocenters. The fourth-order valence-corrected chi connectivity index (χ4v) is 1.02. The van der Waals surface area contributed by atoms with E-state index < -0.39 is 0 Å². The van der Waals surface area contributed by atoms with Gasteiger partial charge >= 0.3 is 0 Å². The number of hydrogen-bond donors (Lipinski definition) is 0. The van der Waals surface area contributed by atoms with Crippen molar-refractivity contribution in [2.24, 2.45) is 5.92 Å². The maximum atomic E-state index is 5.14. The third-order valence-electron chi connectivity index (χ3n) is 1.84. The average molecular weight is 195 g/mol. The zero-order valence-corrected chi connectivity index (χ0v) is 8.10. The molecule has 0 saturated carbocycles. The third-order valence-corrected chi connectivity index (χ3v) is 2.67. The topological polar surface area (TPSA) is 9.23 Å². The van der Waals surface area contributed by atoms with Crippen molar-refractivity contribution in [2.75, 3.05) is 7.11 Å². The summed E-state index contributed by atoms with van der Waals surface area (Å²) in [6.45, 7) is 6.40. The smallest absolute Gasteiger partial charge is 0.0579 e. The Bertz CT molecular complexity index is 73.3. The summed E-state index contributed by atoms with van der Waals surface area (Å²) in [6.07, 6.45) is 0.347. The van der Waals surface area contributed by atoms with E-state index in [0.717, 1.165) is 0 Å². The second kappa shape index (κ2) is 4.29. The molecule has 0 fully saturated rings. The first-order valence-corrected chi connectivity index (χ1v) is 4.18. The fraction of sp³-hybridized carbons (Fsp3) is 1.00. The monoisotopic (exact) mass is 194 g/mol. The van der Waals surface area contributed by atoms with Gasteiger partial charge in [-0.1, -0.05) is 29.8 Å². The molecule has 56 valence electrons. The Kier molecular flexibility index (Phi) is 4.50.